The number of nitrogens with zero attached hydrogens (tertiary/aromatic N) is 2. The van der Waals surface area contributed by atoms with Gasteiger partial charge in [0.05, 0.1) is 16.6 Å². The second-order valence-corrected chi connectivity index (χ2v) is 10.4. The Balaban J connectivity index is 1.60. The summed E-state index contributed by atoms with van der Waals surface area (Å²) in [6, 6.07) is 10.0. The quantitative estimate of drug-likeness (QED) is 0.543. The van der Waals surface area contributed by atoms with E-state index in [-0.39, 0.29) is 22.1 Å². The molecule has 1 aromatic heterocycles. The smallest absolute Gasteiger partial charge is 0.347 e. The van der Waals surface area contributed by atoms with E-state index in [0.717, 1.165) is 29.0 Å². The van der Waals surface area contributed by atoms with Gasteiger partial charge in [-0.1, -0.05) is 12.1 Å². The van der Waals surface area contributed by atoms with Crippen LogP contribution in [0.5, 0.6) is 0 Å². The second-order valence-electron chi connectivity index (χ2n) is 7.49. The molecule has 1 aliphatic rings. The number of halogens is 2. The van der Waals surface area contributed by atoms with E-state index in [1.54, 1.807) is 12.1 Å². The molecule has 168 valence electrons. The average molecular weight is 479 g/mol. The SMILES string of the molecule is O=C(O)c1sc([C@H]2CCCN2S(=O)(=O)c2ccc(F)cc2)nc1CCc1ccc(F)cc1. The van der Waals surface area contributed by atoms with Gasteiger partial charge >= 0.3 is 5.97 Å². The van der Waals surface area contributed by atoms with Crippen molar-refractivity contribution < 1.29 is 27.1 Å². The van der Waals surface area contributed by atoms with Crippen LogP contribution in [0.3, 0.4) is 0 Å². The molecule has 0 bridgehead atoms. The largest absolute Gasteiger partial charge is 0.477 e. The van der Waals surface area contributed by atoms with Crippen molar-refractivity contribution in [1.82, 2.24) is 9.29 Å². The third kappa shape index (κ3) is 4.57. The van der Waals surface area contributed by atoms with E-state index in [1.165, 1.54) is 28.6 Å². The molecule has 0 aliphatic carbocycles. The zero-order valence-electron chi connectivity index (χ0n) is 16.9. The Hall–Kier alpha value is -2.69. The van der Waals surface area contributed by atoms with Crippen molar-refractivity contribution in [3.05, 3.63) is 81.3 Å². The van der Waals surface area contributed by atoms with Crippen LogP contribution < -0.4 is 0 Å². The summed E-state index contributed by atoms with van der Waals surface area (Å²) in [5.41, 5.74) is 1.23. The van der Waals surface area contributed by atoms with Gasteiger partial charge in [-0.25, -0.2) is 27.0 Å². The number of aromatic carboxylic acids is 1. The van der Waals surface area contributed by atoms with E-state index >= 15 is 0 Å². The topological polar surface area (TPSA) is 87.6 Å². The molecule has 1 N–H and O–H groups in total. The van der Waals surface area contributed by atoms with Crippen LogP contribution in [0, 0.1) is 11.6 Å². The number of hydrogen-bond donors (Lipinski definition) is 1. The van der Waals surface area contributed by atoms with Gasteiger partial charge in [0.1, 0.15) is 21.5 Å². The maximum atomic E-state index is 13.2. The van der Waals surface area contributed by atoms with Gasteiger partial charge < -0.3 is 5.11 Å². The number of benzene rings is 2. The number of rotatable bonds is 7. The van der Waals surface area contributed by atoms with Gasteiger partial charge in [-0.05, 0) is 67.6 Å². The number of hydrogen-bond acceptors (Lipinski definition) is 5. The maximum Gasteiger partial charge on any atom is 0.347 e. The van der Waals surface area contributed by atoms with Crippen LogP contribution in [-0.4, -0.2) is 35.3 Å². The van der Waals surface area contributed by atoms with Crippen molar-refractivity contribution in [1.29, 1.82) is 0 Å². The monoisotopic (exact) mass is 478 g/mol. The van der Waals surface area contributed by atoms with Crippen LogP contribution in [0.1, 0.15) is 44.8 Å². The first-order valence-corrected chi connectivity index (χ1v) is 12.3. The Labute approximate surface area is 188 Å². The number of aryl methyl sites for hydroxylation is 2. The normalized spacial score (nSPS) is 17.0. The lowest BCUT2D eigenvalue weighted by molar-refractivity contribution is 0.0700. The minimum absolute atomic E-state index is 0.0163. The molecule has 32 heavy (non-hydrogen) atoms. The summed E-state index contributed by atoms with van der Waals surface area (Å²) in [4.78, 5) is 16.4. The summed E-state index contributed by atoms with van der Waals surface area (Å²) in [5.74, 6) is -1.99. The summed E-state index contributed by atoms with van der Waals surface area (Å²) < 4.78 is 53.9. The molecule has 3 aromatic rings. The summed E-state index contributed by atoms with van der Waals surface area (Å²) in [5, 5.41) is 10.1. The predicted molar refractivity (Wildman–Crippen MR) is 115 cm³/mol. The molecule has 0 spiro atoms. The molecule has 1 saturated heterocycles. The van der Waals surface area contributed by atoms with Crippen molar-refractivity contribution >= 4 is 27.3 Å². The molecule has 10 heteroatoms. The third-order valence-corrected chi connectivity index (χ3v) is 8.49. The lowest BCUT2D eigenvalue weighted by atomic mass is 10.1. The molecule has 1 atom stereocenters. The van der Waals surface area contributed by atoms with Crippen LogP contribution in [-0.2, 0) is 22.9 Å². The standard InChI is InChI=1S/C22H20F2N2O4S2/c23-15-6-3-14(4-7-15)5-12-18-20(22(27)28)31-21(25-18)19-2-1-13-26(19)32(29,30)17-10-8-16(24)9-11-17/h3-4,6-11,19H,1-2,5,12-13H2,(H,27,28)/t19-/m1/s1. The molecule has 2 heterocycles. The number of sulfonamides is 1. The fourth-order valence-electron chi connectivity index (χ4n) is 3.78. The summed E-state index contributed by atoms with van der Waals surface area (Å²) in [7, 11) is -3.89. The molecule has 1 aliphatic heterocycles. The van der Waals surface area contributed by atoms with Gasteiger partial charge in [0.25, 0.3) is 0 Å². The summed E-state index contributed by atoms with van der Waals surface area (Å²) >= 11 is 0.983. The van der Waals surface area contributed by atoms with Crippen LogP contribution in [0.25, 0.3) is 0 Å². The Morgan fingerprint density at radius 2 is 1.69 bits per heavy atom. The molecule has 1 fully saturated rings. The van der Waals surface area contributed by atoms with Crippen LogP contribution in [0.2, 0.25) is 0 Å². The first-order valence-electron chi connectivity index (χ1n) is 10.0. The fourth-order valence-corrected chi connectivity index (χ4v) is 6.61. The Kier molecular flexibility index (Phi) is 6.36. The molecular weight excluding hydrogens is 458 g/mol. The van der Waals surface area contributed by atoms with Gasteiger partial charge in [-0.2, -0.15) is 4.31 Å². The molecule has 4 rings (SSSR count). The van der Waals surface area contributed by atoms with Gasteiger partial charge in [-0.15, -0.1) is 11.3 Å². The number of aromatic nitrogens is 1. The first-order chi connectivity index (χ1) is 15.3. The lowest BCUT2D eigenvalue weighted by Gasteiger charge is -2.22. The highest BCUT2D eigenvalue weighted by Gasteiger charge is 2.38. The van der Waals surface area contributed by atoms with E-state index in [9.17, 15) is 27.1 Å². The number of carbonyl (C=O) groups is 1. The lowest BCUT2D eigenvalue weighted by Crippen LogP contribution is -2.30. The Bertz CT molecular complexity index is 1230. The van der Waals surface area contributed by atoms with Gasteiger partial charge in [0.2, 0.25) is 10.0 Å². The zero-order chi connectivity index (χ0) is 22.9. The van der Waals surface area contributed by atoms with Crippen molar-refractivity contribution in [2.24, 2.45) is 0 Å². The second kappa shape index (κ2) is 9.05. The predicted octanol–water partition coefficient (Wildman–Crippen LogP) is 4.43. The minimum Gasteiger partial charge on any atom is -0.477 e. The molecule has 0 amide bonds. The van der Waals surface area contributed by atoms with E-state index in [2.05, 4.69) is 4.98 Å². The molecule has 0 saturated carbocycles. The number of carboxylic acid groups (broad SMARTS) is 1. The van der Waals surface area contributed by atoms with E-state index in [0.29, 0.717) is 36.4 Å². The highest BCUT2D eigenvalue weighted by molar-refractivity contribution is 7.89. The molecule has 6 nitrogen and oxygen atoms in total. The average Bonchev–Trinajstić information content (AvgIpc) is 3.41. The number of thiazole rings is 1. The molecule has 0 radical (unpaired) electrons. The van der Waals surface area contributed by atoms with Crippen molar-refractivity contribution in [3.8, 4) is 0 Å². The third-order valence-electron chi connectivity index (χ3n) is 5.38. The zero-order valence-corrected chi connectivity index (χ0v) is 18.5. The molecular formula is C22H20F2N2O4S2. The van der Waals surface area contributed by atoms with Crippen molar-refractivity contribution in [3.63, 3.8) is 0 Å². The Morgan fingerprint density at radius 1 is 1.06 bits per heavy atom. The van der Waals surface area contributed by atoms with Crippen LogP contribution in [0.15, 0.2) is 53.4 Å². The van der Waals surface area contributed by atoms with E-state index < -0.39 is 27.9 Å². The fraction of sp³-hybridized carbons (Fsp3) is 0.273. The van der Waals surface area contributed by atoms with Crippen molar-refractivity contribution in [2.45, 2.75) is 36.6 Å². The van der Waals surface area contributed by atoms with Gasteiger partial charge in [0, 0.05) is 6.54 Å². The first kappa shape index (κ1) is 22.5. The van der Waals surface area contributed by atoms with E-state index in [4.69, 9.17) is 0 Å². The maximum absolute atomic E-state index is 13.2. The van der Waals surface area contributed by atoms with Crippen molar-refractivity contribution in [2.75, 3.05) is 6.54 Å². The number of carboxylic acids is 1. The van der Waals surface area contributed by atoms with Crippen LogP contribution in [0.4, 0.5) is 8.78 Å². The molecule has 0 unspecified atom stereocenters. The summed E-state index contributed by atoms with van der Waals surface area (Å²) in [6.45, 7) is 0.275. The summed E-state index contributed by atoms with van der Waals surface area (Å²) in [6.07, 6.45) is 1.94. The van der Waals surface area contributed by atoms with E-state index in [1.807, 2.05) is 0 Å². The minimum atomic E-state index is -3.89. The Morgan fingerprint density at radius 3 is 2.31 bits per heavy atom. The molecule has 2 aromatic carbocycles. The van der Waals surface area contributed by atoms with Crippen LogP contribution >= 0.6 is 11.3 Å². The van der Waals surface area contributed by atoms with Gasteiger partial charge in [-0.3, -0.25) is 0 Å². The highest BCUT2D eigenvalue weighted by Crippen LogP contribution is 2.39. The van der Waals surface area contributed by atoms with Gasteiger partial charge in [0.15, 0.2) is 0 Å². The highest BCUT2D eigenvalue weighted by atomic mass is 32.2.